The van der Waals surface area contributed by atoms with E-state index >= 15 is 0 Å². The highest BCUT2D eigenvalue weighted by atomic mass is 79.9. The average molecular weight is 294 g/mol. The van der Waals surface area contributed by atoms with Gasteiger partial charge in [-0.15, -0.1) is 5.10 Å². The zero-order chi connectivity index (χ0) is 12.3. The predicted molar refractivity (Wildman–Crippen MR) is 72.0 cm³/mol. The van der Waals surface area contributed by atoms with Gasteiger partial charge in [0.1, 0.15) is 0 Å². The normalized spacial score (nSPS) is 10.8. The van der Waals surface area contributed by atoms with Crippen molar-refractivity contribution in [2.75, 3.05) is 0 Å². The first kappa shape index (κ1) is 12.3. The fourth-order valence-corrected chi connectivity index (χ4v) is 2.10. The first-order valence-electron chi connectivity index (χ1n) is 5.83. The van der Waals surface area contributed by atoms with Gasteiger partial charge in [0.2, 0.25) is 0 Å². The lowest BCUT2D eigenvalue weighted by atomic mass is 10.1. The van der Waals surface area contributed by atoms with E-state index in [0.29, 0.717) is 0 Å². The Labute approximate surface area is 110 Å². The van der Waals surface area contributed by atoms with Crippen molar-refractivity contribution in [1.82, 2.24) is 15.0 Å². The molecule has 0 atom stereocenters. The molecule has 1 heterocycles. The molecule has 0 aliphatic rings. The van der Waals surface area contributed by atoms with Crippen molar-refractivity contribution in [2.45, 2.75) is 33.2 Å². The van der Waals surface area contributed by atoms with Gasteiger partial charge in [0.05, 0.1) is 5.69 Å². The molecule has 0 spiro atoms. The zero-order valence-electron chi connectivity index (χ0n) is 10.2. The molecule has 3 nitrogen and oxygen atoms in total. The first-order chi connectivity index (χ1) is 8.19. The molecule has 90 valence electrons. The van der Waals surface area contributed by atoms with Gasteiger partial charge in [0, 0.05) is 17.2 Å². The lowest BCUT2D eigenvalue weighted by Gasteiger charge is -2.02. The summed E-state index contributed by atoms with van der Waals surface area (Å²) in [6, 6.07) is 6.49. The molecule has 1 aromatic heterocycles. The summed E-state index contributed by atoms with van der Waals surface area (Å²) < 4.78 is 3.03. The van der Waals surface area contributed by atoms with Gasteiger partial charge < -0.3 is 0 Å². The van der Waals surface area contributed by atoms with Crippen molar-refractivity contribution < 1.29 is 0 Å². The van der Waals surface area contributed by atoms with Gasteiger partial charge in [-0.1, -0.05) is 33.3 Å². The SMILES string of the molecule is CCn1cc(CCc2ccc(C)c(Br)c2)nn1. The second-order valence-electron chi connectivity index (χ2n) is 4.15. The maximum atomic E-state index is 4.14. The summed E-state index contributed by atoms with van der Waals surface area (Å²) in [6.45, 7) is 5.04. The van der Waals surface area contributed by atoms with Crippen LogP contribution in [0.1, 0.15) is 23.7 Å². The lowest BCUT2D eigenvalue weighted by Crippen LogP contribution is -1.93. The van der Waals surface area contributed by atoms with Gasteiger partial charge >= 0.3 is 0 Å². The third-order valence-corrected chi connectivity index (χ3v) is 3.67. The summed E-state index contributed by atoms with van der Waals surface area (Å²) in [6.07, 6.45) is 3.96. The Balaban J connectivity index is 1.99. The molecule has 0 fully saturated rings. The summed E-state index contributed by atoms with van der Waals surface area (Å²) in [5.41, 5.74) is 3.66. The predicted octanol–water partition coefficient (Wildman–Crippen LogP) is 3.15. The molecular formula is C13H16BrN3. The molecular weight excluding hydrogens is 278 g/mol. The van der Waals surface area contributed by atoms with Crippen LogP contribution in [0.15, 0.2) is 28.9 Å². The van der Waals surface area contributed by atoms with E-state index in [2.05, 4.69) is 58.3 Å². The third kappa shape index (κ3) is 3.16. The molecule has 0 saturated carbocycles. The van der Waals surface area contributed by atoms with Gasteiger partial charge in [-0.25, -0.2) is 0 Å². The molecule has 0 amide bonds. The van der Waals surface area contributed by atoms with Crippen molar-refractivity contribution in [3.63, 3.8) is 0 Å². The zero-order valence-corrected chi connectivity index (χ0v) is 11.7. The van der Waals surface area contributed by atoms with Crippen LogP contribution in [0.4, 0.5) is 0 Å². The summed E-state index contributed by atoms with van der Waals surface area (Å²) >= 11 is 3.56. The summed E-state index contributed by atoms with van der Waals surface area (Å²) in [7, 11) is 0. The number of nitrogens with zero attached hydrogens (tertiary/aromatic N) is 3. The Morgan fingerprint density at radius 3 is 2.76 bits per heavy atom. The van der Waals surface area contributed by atoms with Crippen LogP contribution >= 0.6 is 15.9 Å². The van der Waals surface area contributed by atoms with E-state index in [0.717, 1.165) is 25.1 Å². The Morgan fingerprint density at radius 2 is 2.12 bits per heavy atom. The summed E-state index contributed by atoms with van der Waals surface area (Å²) in [4.78, 5) is 0. The number of hydrogen-bond donors (Lipinski definition) is 0. The Bertz CT molecular complexity index is 505. The van der Waals surface area contributed by atoms with E-state index < -0.39 is 0 Å². The highest BCUT2D eigenvalue weighted by Crippen LogP contribution is 2.18. The number of rotatable bonds is 4. The maximum absolute atomic E-state index is 4.14. The van der Waals surface area contributed by atoms with Crippen LogP contribution < -0.4 is 0 Å². The van der Waals surface area contributed by atoms with Crippen molar-refractivity contribution in [2.24, 2.45) is 0 Å². The largest absolute Gasteiger partial charge is 0.253 e. The molecule has 17 heavy (non-hydrogen) atoms. The van der Waals surface area contributed by atoms with Gasteiger partial charge in [0.25, 0.3) is 0 Å². The third-order valence-electron chi connectivity index (χ3n) is 2.82. The fourth-order valence-electron chi connectivity index (χ4n) is 1.67. The average Bonchev–Trinajstić information content (AvgIpc) is 2.79. The first-order valence-corrected chi connectivity index (χ1v) is 6.62. The lowest BCUT2D eigenvalue weighted by molar-refractivity contribution is 0.626. The monoisotopic (exact) mass is 293 g/mol. The van der Waals surface area contributed by atoms with E-state index in [1.54, 1.807) is 0 Å². The van der Waals surface area contributed by atoms with E-state index in [-0.39, 0.29) is 0 Å². The van der Waals surface area contributed by atoms with Crippen LogP contribution in [0.3, 0.4) is 0 Å². The number of halogens is 1. The van der Waals surface area contributed by atoms with Gasteiger partial charge in [-0.3, -0.25) is 4.68 Å². The summed E-state index contributed by atoms with van der Waals surface area (Å²) in [5, 5.41) is 8.18. The van der Waals surface area contributed by atoms with Crippen LogP contribution in [0.25, 0.3) is 0 Å². The molecule has 0 N–H and O–H groups in total. The highest BCUT2D eigenvalue weighted by Gasteiger charge is 2.02. The van der Waals surface area contributed by atoms with E-state index in [4.69, 9.17) is 0 Å². The minimum atomic E-state index is 0.878. The second kappa shape index (κ2) is 5.45. The van der Waals surface area contributed by atoms with Crippen molar-refractivity contribution in [3.05, 3.63) is 45.7 Å². The van der Waals surface area contributed by atoms with Crippen LogP contribution in [0, 0.1) is 6.92 Å². The molecule has 0 aliphatic carbocycles. The minimum Gasteiger partial charge on any atom is -0.253 e. The number of aryl methyl sites for hydroxylation is 4. The number of aromatic nitrogens is 3. The standard InChI is InChI=1S/C13H16BrN3/c1-3-17-9-12(15-16-17)7-6-11-5-4-10(2)13(14)8-11/h4-5,8-9H,3,6-7H2,1-2H3. The molecule has 0 saturated heterocycles. The fraction of sp³-hybridized carbons (Fsp3) is 0.385. The molecule has 0 aliphatic heterocycles. The quantitative estimate of drug-likeness (QED) is 0.867. The molecule has 4 heteroatoms. The molecule has 2 rings (SSSR count). The smallest absolute Gasteiger partial charge is 0.0830 e. The summed E-state index contributed by atoms with van der Waals surface area (Å²) in [5.74, 6) is 0. The minimum absolute atomic E-state index is 0.878. The van der Waals surface area contributed by atoms with Crippen LogP contribution in [0.2, 0.25) is 0 Å². The van der Waals surface area contributed by atoms with Crippen LogP contribution in [0.5, 0.6) is 0 Å². The molecule has 0 unspecified atom stereocenters. The molecule has 0 bridgehead atoms. The van der Waals surface area contributed by atoms with Crippen molar-refractivity contribution >= 4 is 15.9 Å². The van der Waals surface area contributed by atoms with Gasteiger partial charge in [-0.05, 0) is 43.9 Å². The maximum Gasteiger partial charge on any atom is 0.0830 e. The second-order valence-corrected chi connectivity index (χ2v) is 5.00. The Hall–Kier alpha value is -1.16. The topological polar surface area (TPSA) is 30.7 Å². The van der Waals surface area contributed by atoms with E-state index in [1.807, 2.05) is 10.9 Å². The molecule has 0 radical (unpaired) electrons. The van der Waals surface area contributed by atoms with Gasteiger partial charge in [0.15, 0.2) is 0 Å². The Kier molecular flexibility index (Phi) is 3.94. The number of hydrogen-bond acceptors (Lipinski definition) is 2. The van der Waals surface area contributed by atoms with Crippen molar-refractivity contribution in [3.8, 4) is 0 Å². The number of benzene rings is 1. The van der Waals surface area contributed by atoms with Crippen LogP contribution in [-0.4, -0.2) is 15.0 Å². The van der Waals surface area contributed by atoms with Crippen molar-refractivity contribution in [1.29, 1.82) is 0 Å². The highest BCUT2D eigenvalue weighted by molar-refractivity contribution is 9.10. The van der Waals surface area contributed by atoms with Crippen LogP contribution in [-0.2, 0) is 19.4 Å². The van der Waals surface area contributed by atoms with E-state index in [9.17, 15) is 0 Å². The molecule has 1 aromatic carbocycles. The van der Waals surface area contributed by atoms with E-state index in [1.165, 1.54) is 15.6 Å². The Morgan fingerprint density at radius 1 is 1.29 bits per heavy atom. The molecule has 2 aromatic rings. The van der Waals surface area contributed by atoms with Gasteiger partial charge in [-0.2, -0.15) is 0 Å².